The average Bonchev–Trinajstić information content (AvgIpc) is 2.29. The van der Waals surface area contributed by atoms with Gasteiger partial charge in [-0.2, -0.15) is 0 Å². The largest absolute Gasteiger partial charge is 0.505 e. The van der Waals surface area contributed by atoms with Gasteiger partial charge in [0.05, 0.1) is 0 Å². The summed E-state index contributed by atoms with van der Waals surface area (Å²) in [7, 11) is 0. The van der Waals surface area contributed by atoms with Crippen LogP contribution < -0.4 is 5.32 Å². The molecule has 90 valence electrons. The van der Waals surface area contributed by atoms with E-state index in [2.05, 4.69) is 19.2 Å². The van der Waals surface area contributed by atoms with E-state index in [0.29, 0.717) is 6.04 Å². The first-order chi connectivity index (χ1) is 7.67. The van der Waals surface area contributed by atoms with Crippen LogP contribution in [0.2, 0.25) is 0 Å². The standard InChI is InChI=1S/C13H20FNO/c1-3-5-6-10(4-2)15-11-7-8-13(16)12(14)9-11/h7-10,15-16H,3-6H2,1-2H3. The molecule has 0 saturated carbocycles. The van der Waals surface area contributed by atoms with Gasteiger partial charge in [0.25, 0.3) is 0 Å². The van der Waals surface area contributed by atoms with Crippen molar-refractivity contribution in [1.29, 1.82) is 0 Å². The van der Waals surface area contributed by atoms with Gasteiger partial charge in [0.15, 0.2) is 11.6 Å². The monoisotopic (exact) mass is 225 g/mol. The molecule has 1 aromatic carbocycles. The molecule has 1 aromatic rings. The van der Waals surface area contributed by atoms with Crippen LogP contribution in [0.5, 0.6) is 5.75 Å². The number of phenols is 1. The molecule has 0 aliphatic rings. The molecule has 0 aliphatic heterocycles. The third-order valence-corrected chi connectivity index (χ3v) is 2.72. The summed E-state index contributed by atoms with van der Waals surface area (Å²) in [5, 5.41) is 12.4. The molecular weight excluding hydrogens is 205 g/mol. The second-order valence-electron chi connectivity index (χ2n) is 4.06. The minimum Gasteiger partial charge on any atom is -0.505 e. The van der Waals surface area contributed by atoms with Crippen LogP contribution in [0.25, 0.3) is 0 Å². The van der Waals surface area contributed by atoms with Gasteiger partial charge in [-0.1, -0.05) is 26.7 Å². The first-order valence-corrected chi connectivity index (χ1v) is 5.92. The molecule has 0 amide bonds. The van der Waals surface area contributed by atoms with Crippen LogP contribution in [0.15, 0.2) is 18.2 Å². The maximum atomic E-state index is 13.1. The lowest BCUT2D eigenvalue weighted by atomic mass is 10.1. The van der Waals surface area contributed by atoms with E-state index >= 15 is 0 Å². The third kappa shape index (κ3) is 3.72. The highest BCUT2D eigenvalue weighted by molar-refractivity contribution is 5.47. The third-order valence-electron chi connectivity index (χ3n) is 2.72. The van der Waals surface area contributed by atoms with Gasteiger partial charge >= 0.3 is 0 Å². The number of unbranched alkanes of at least 4 members (excludes halogenated alkanes) is 1. The zero-order valence-electron chi connectivity index (χ0n) is 9.96. The molecule has 0 aliphatic carbocycles. The second-order valence-corrected chi connectivity index (χ2v) is 4.06. The number of hydrogen-bond donors (Lipinski definition) is 2. The molecule has 0 spiro atoms. The van der Waals surface area contributed by atoms with Crippen molar-refractivity contribution < 1.29 is 9.50 Å². The van der Waals surface area contributed by atoms with Gasteiger partial charge in [0.1, 0.15) is 0 Å². The summed E-state index contributed by atoms with van der Waals surface area (Å²) >= 11 is 0. The van der Waals surface area contributed by atoms with E-state index < -0.39 is 5.82 Å². The van der Waals surface area contributed by atoms with Crippen molar-refractivity contribution in [1.82, 2.24) is 0 Å². The molecule has 1 atom stereocenters. The Morgan fingerprint density at radius 3 is 2.69 bits per heavy atom. The number of halogens is 1. The molecule has 1 rings (SSSR count). The quantitative estimate of drug-likeness (QED) is 0.719. The molecule has 3 heteroatoms. The van der Waals surface area contributed by atoms with Crippen molar-refractivity contribution in [2.45, 2.75) is 45.6 Å². The van der Waals surface area contributed by atoms with Crippen LogP contribution in [0, 0.1) is 5.82 Å². The van der Waals surface area contributed by atoms with Crippen molar-refractivity contribution in [2.24, 2.45) is 0 Å². The van der Waals surface area contributed by atoms with Gasteiger partial charge in [-0.05, 0) is 25.0 Å². The number of phenolic OH excluding ortho intramolecular Hbond substituents is 1. The SMILES string of the molecule is CCCCC(CC)Nc1ccc(O)c(F)c1. The lowest BCUT2D eigenvalue weighted by Crippen LogP contribution is -2.18. The predicted molar refractivity (Wildman–Crippen MR) is 65.3 cm³/mol. The zero-order chi connectivity index (χ0) is 12.0. The summed E-state index contributed by atoms with van der Waals surface area (Å²) in [5.41, 5.74) is 0.734. The Kier molecular flexibility index (Phi) is 5.09. The highest BCUT2D eigenvalue weighted by atomic mass is 19.1. The normalized spacial score (nSPS) is 12.4. The molecule has 0 radical (unpaired) electrons. The van der Waals surface area contributed by atoms with E-state index in [4.69, 9.17) is 5.11 Å². The second kappa shape index (κ2) is 6.36. The number of rotatable bonds is 6. The Bertz CT molecular complexity index is 328. The van der Waals surface area contributed by atoms with Crippen LogP contribution in [-0.2, 0) is 0 Å². The molecule has 2 N–H and O–H groups in total. The van der Waals surface area contributed by atoms with Gasteiger partial charge in [0, 0.05) is 17.8 Å². The summed E-state index contributed by atoms with van der Waals surface area (Å²) < 4.78 is 13.1. The summed E-state index contributed by atoms with van der Waals surface area (Å²) in [6, 6.07) is 4.80. The Labute approximate surface area is 96.5 Å². The first kappa shape index (κ1) is 12.8. The molecule has 0 aromatic heterocycles. The molecule has 16 heavy (non-hydrogen) atoms. The van der Waals surface area contributed by atoms with Crippen LogP contribution in [0.1, 0.15) is 39.5 Å². The van der Waals surface area contributed by atoms with Gasteiger partial charge in [-0.25, -0.2) is 4.39 Å². The predicted octanol–water partition coefficient (Wildman–Crippen LogP) is 3.91. The maximum absolute atomic E-state index is 13.1. The summed E-state index contributed by atoms with van der Waals surface area (Å²) in [6.45, 7) is 4.27. The smallest absolute Gasteiger partial charge is 0.166 e. The van der Waals surface area contributed by atoms with Crippen LogP contribution in [0.3, 0.4) is 0 Å². The minimum absolute atomic E-state index is 0.299. The van der Waals surface area contributed by atoms with Crippen LogP contribution >= 0.6 is 0 Å². The lowest BCUT2D eigenvalue weighted by molar-refractivity contribution is 0.432. The summed E-state index contributed by atoms with van der Waals surface area (Å²) in [6.07, 6.45) is 4.45. The Morgan fingerprint density at radius 2 is 2.12 bits per heavy atom. The molecule has 0 fully saturated rings. The van der Waals surface area contributed by atoms with E-state index in [-0.39, 0.29) is 5.75 Å². The van der Waals surface area contributed by atoms with E-state index in [1.54, 1.807) is 6.07 Å². The Balaban J connectivity index is 2.59. The van der Waals surface area contributed by atoms with Crippen molar-refractivity contribution in [3.8, 4) is 5.75 Å². The fourth-order valence-electron chi connectivity index (χ4n) is 1.66. The van der Waals surface area contributed by atoms with Gasteiger partial charge in [-0.15, -0.1) is 0 Å². The van der Waals surface area contributed by atoms with Gasteiger partial charge < -0.3 is 10.4 Å². The van der Waals surface area contributed by atoms with Crippen molar-refractivity contribution >= 4 is 5.69 Å². The molecule has 0 heterocycles. The summed E-state index contributed by atoms with van der Waals surface area (Å²) in [4.78, 5) is 0. The van der Waals surface area contributed by atoms with E-state index in [9.17, 15) is 4.39 Å². The Hall–Kier alpha value is -1.25. The zero-order valence-corrected chi connectivity index (χ0v) is 9.96. The molecule has 0 bridgehead atoms. The van der Waals surface area contributed by atoms with E-state index in [0.717, 1.165) is 18.5 Å². The maximum Gasteiger partial charge on any atom is 0.166 e. The fourth-order valence-corrected chi connectivity index (χ4v) is 1.66. The lowest BCUT2D eigenvalue weighted by Gasteiger charge is -2.18. The number of hydrogen-bond acceptors (Lipinski definition) is 2. The fraction of sp³-hybridized carbons (Fsp3) is 0.538. The number of anilines is 1. The van der Waals surface area contributed by atoms with E-state index in [1.165, 1.54) is 25.0 Å². The number of nitrogens with one attached hydrogen (secondary N) is 1. The molecular formula is C13H20FNO. The van der Waals surface area contributed by atoms with Gasteiger partial charge in [0.2, 0.25) is 0 Å². The van der Waals surface area contributed by atoms with Crippen LogP contribution in [0.4, 0.5) is 10.1 Å². The Morgan fingerprint density at radius 1 is 1.38 bits per heavy atom. The molecule has 1 unspecified atom stereocenters. The van der Waals surface area contributed by atoms with Crippen molar-refractivity contribution in [3.05, 3.63) is 24.0 Å². The first-order valence-electron chi connectivity index (χ1n) is 5.92. The van der Waals surface area contributed by atoms with Crippen molar-refractivity contribution in [3.63, 3.8) is 0 Å². The number of benzene rings is 1. The topological polar surface area (TPSA) is 32.3 Å². The highest BCUT2D eigenvalue weighted by Crippen LogP contribution is 2.21. The average molecular weight is 225 g/mol. The van der Waals surface area contributed by atoms with E-state index in [1.807, 2.05) is 0 Å². The highest BCUT2D eigenvalue weighted by Gasteiger charge is 2.07. The summed E-state index contributed by atoms with van der Waals surface area (Å²) in [5.74, 6) is -0.873. The van der Waals surface area contributed by atoms with Gasteiger partial charge in [-0.3, -0.25) is 0 Å². The molecule has 0 saturated heterocycles. The minimum atomic E-state index is -0.574. The van der Waals surface area contributed by atoms with Crippen molar-refractivity contribution in [2.75, 3.05) is 5.32 Å². The number of aromatic hydroxyl groups is 1. The molecule has 2 nitrogen and oxygen atoms in total. The van der Waals surface area contributed by atoms with Crippen LogP contribution in [-0.4, -0.2) is 11.1 Å².